The summed E-state index contributed by atoms with van der Waals surface area (Å²) in [5, 5.41) is 5.10. The third-order valence-electron chi connectivity index (χ3n) is 3.15. The highest BCUT2D eigenvalue weighted by Crippen LogP contribution is 2.34. The molecule has 0 atom stereocenters. The Bertz CT molecular complexity index is 529. The van der Waals surface area contributed by atoms with Crippen LogP contribution >= 0.6 is 12.4 Å². The summed E-state index contributed by atoms with van der Waals surface area (Å²) in [5.41, 5.74) is 5.96. The van der Waals surface area contributed by atoms with Crippen LogP contribution in [-0.2, 0) is 16.0 Å². The van der Waals surface area contributed by atoms with Gasteiger partial charge in [0.15, 0.2) is 0 Å². The van der Waals surface area contributed by atoms with Crippen LogP contribution in [0.1, 0.15) is 5.56 Å². The highest BCUT2D eigenvalue weighted by Gasteiger charge is 2.13. The Morgan fingerprint density at radius 3 is 2.04 bits per heavy atom. The molecule has 0 bridgehead atoms. The summed E-state index contributed by atoms with van der Waals surface area (Å²) < 4.78 is 15.9. The van der Waals surface area contributed by atoms with Crippen molar-refractivity contribution in [3.05, 3.63) is 17.7 Å². The molecule has 4 N–H and O–H groups in total. The van der Waals surface area contributed by atoms with Gasteiger partial charge in [0.1, 0.15) is 17.2 Å². The van der Waals surface area contributed by atoms with Gasteiger partial charge in [0.25, 0.3) is 0 Å². The molecule has 0 aliphatic carbocycles. The number of rotatable bonds is 9. The first-order valence-corrected chi connectivity index (χ1v) is 7.08. The molecule has 2 amide bonds. The number of halogens is 1. The molecule has 0 aliphatic rings. The smallest absolute Gasteiger partial charge is 0.239 e. The predicted octanol–water partition coefficient (Wildman–Crippen LogP) is -0.132. The van der Waals surface area contributed by atoms with Crippen LogP contribution in [0.4, 0.5) is 0 Å². The molecule has 0 aliphatic heterocycles. The van der Waals surface area contributed by atoms with Crippen LogP contribution in [0.5, 0.6) is 17.2 Å². The molecule has 9 heteroatoms. The Labute approximate surface area is 147 Å². The molecule has 1 aromatic rings. The first kappa shape index (κ1) is 21.8. The van der Waals surface area contributed by atoms with Gasteiger partial charge >= 0.3 is 0 Å². The lowest BCUT2D eigenvalue weighted by Gasteiger charge is -2.15. The zero-order valence-electron chi connectivity index (χ0n) is 14.0. The first-order chi connectivity index (χ1) is 11.0. The van der Waals surface area contributed by atoms with E-state index in [0.717, 1.165) is 5.56 Å². The van der Waals surface area contributed by atoms with Crippen molar-refractivity contribution in [3.63, 3.8) is 0 Å². The molecule has 136 valence electrons. The molecule has 0 fully saturated rings. The Balaban J connectivity index is 0.00000529. The molecule has 8 nitrogen and oxygen atoms in total. The number of hydrogen-bond acceptors (Lipinski definition) is 6. The number of benzene rings is 1. The van der Waals surface area contributed by atoms with E-state index in [1.54, 1.807) is 33.5 Å². The van der Waals surface area contributed by atoms with E-state index in [1.807, 2.05) is 0 Å². The van der Waals surface area contributed by atoms with E-state index in [0.29, 0.717) is 30.2 Å². The van der Waals surface area contributed by atoms with Crippen LogP contribution in [0.15, 0.2) is 12.1 Å². The SMILES string of the molecule is COc1cc(OC)c(CCNC(=O)CNC(=O)CN)c(OC)c1.Cl. The minimum Gasteiger partial charge on any atom is -0.496 e. The third kappa shape index (κ3) is 6.51. The van der Waals surface area contributed by atoms with E-state index >= 15 is 0 Å². The minimum atomic E-state index is -0.376. The quantitative estimate of drug-likeness (QED) is 0.565. The highest BCUT2D eigenvalue weighted by molar-refractivity contribution is 5.85. The van der Waals surface area contributed by atoms with Gasteiger partial charge in [-0.3, -0.25) is 9.59 Å². The van der Waals surface area contributed by atoms with E-state index in [1.165, 1.54) is 0 Å². The Hall–Kier alpha value is -2.19. The second kappa shape index (κ2) is 11.4. The lowest BCUT2D eigenvalue weighted by molar-refractivity contribution is -0.125. The highest BCUT2D eigenvalue weighted by atomic mass is 35.5. The van der Waals surface area contributed by atoms with Crippen molar-refractivity contribution in [2.45, 2.75) is 6.42 Å². The van der Waals surface area contributed by atoms with Crippen molar-refractivity contribution in [1.29, 1.82) is 0 Å². The van der Waals surface area contributed by atoms with Crippen LogP contribution < -0.4 is 30.6 Å². The van der Waals surface area contributed by atoms with Crippen LogP contribution in [0.2, 0.25) is 0 Å². The van der Waals surface area contributed by atoms with Crippen molar-refractivity contribution in [1.82, 2.24) is 10.6 Å². The number of amides is 2. The fourth-order valence-electron chi connectivity index (χ4n) is 1.96. The standard InChI is InChI=1S/C15H23N3O5.ClH/c1-21-10-6-12(22-2)11(13(7-10)23-3)4-5-17-15(20)9-18-14(19)8-16;/h6-7H,4-5,8-9,16H2,1-3H3,(H,17,20)(H,18,19);1H. The molecule has 0 saturated carbocycles. The van der Waals surface area contributed by atoms with Crippen LogP contribution in [0.25, 0.3) is 0 Å². The van der Waals surface area contributed by atoms with Crippen molar-refractivity contribution >= 4 is 24.2 Å². The largest absolute Gasteiger partial charge is 0.496 e. The minimum absolute atomic E-state index is 0. The Morgan fingerprint density at radius 1 is 1.00 bits per heavy atom. The van der Waals surface area contributed by atoms with Crippen molar-refractivity contribution in [2.75, 3.05) is 41.0 Å². The van der Waals surface area contributed by atoms with Gasteiger partial charge < -0.3 is 30.6 Å². The second-order valence-electron chi connectivity index (χ2n) is 4.59. The molecule has 1 rings (SSSR count). The second-order valence-corrected chi connectivity index (χ2v) is 4.59. The van der Waals surface area contributed by atoms with Crippen LogP contribution in [0, 0.1) is 0 Å². The van der Waals surface area contributed by atoms with E-state index in [2.05, 4.69) is 10.6 Å². The Kier molecular flexibility index (Phi) is 10.3. The van der Waals surface area contributed by atoms with Gasteiger partial charge in [-0.1, -0.05) is 0 Å². The topological polar surface area (TPSA) is 112 Å². The Morgan fingerprint density at radius 2 is 1.58 bits per heavy atom. The van der Waals surface area contributed by atoms with Gasteiger partial charge in [-0.25, -0.2) is 0 Å². The van der Waals surface area contributed by atoms with Gasteiger partial charge in [0.05, 0.1) is 34.4 Å². The summed E-state index contributed by atoms with van der Waals surface area (Å²) in [5.74, 6) is 1.19. The van der Waals surface area contributed by atoms with Crippen molar-refractivity contribution < 1.29 is 23.8 Å². The number of carbonyl (C=O) groups excluding carboxylic acids is 2. The zero-order chi connectivity index (χ0) is 17.2. The molecule has 1 aromatic carbocycles. The lowest BCUT2D eigenvalue weighted by atomic mass is 10.1. The summed E-state index contributed by atoms with van der Waals surface area (Å²) in [7, 11) is 4.67. The van der Waals surface area contributed by atoms with E-state index in [-0.39, 0.29) is 37.3 Å². The summed E-state index contributed by atoms with van der Waals surface area (Å²) in [6.07, 6.45) is 0.507. The zero-order valence-corrected chi connectivity index (χ0v) is 14.8. The fourth-order valence-corrected chi connectivity index (χ4v) is 1.96. The molecule has 0 heterocycles. The number of hydrogen-bond donors (Lipinski definition) is 3. The maximum Gasteiger partial charge on any atom is 0.239 e. The molecular weight excluding hydrogens is 338 g/mol. The van der Waals surface area contributed by atoms with Gasteiger partial charge in [-0.2, -0.15) is 0 Å². The molecule has 24 heavy (non-hydrogen) atoms. The maximum atomic E-state index is 11.6. The summed E-state index contributed by atoms with van der Waals surface area (Å²) >= 11 is 0. The van der Waals surface area contributed by atoms with Gasteiger partial charge in [0.2, 0.25) is 11.8 Å². The van der Waals surface area contributed by atoms with Crippen molar-refractivity contribution in [3.8, 4) is 17.2 Å². The van der Waals surface area contributed by atoms with E-state index in [4.69, 9.17) is 19.9 Å². The lowest BCUT2D eigenvalue weighted by Crippen LogP contribution is -2.40. The summed E-state index contributed by atoms with van der Waals surface area (Å²) in [6, 6.07) is 3.50. The third-order valence-corrected chi connectivity index (χ3v) is 3.15. The average Bonchev–Trinajstić information content (AvgIpc) is 2.59. The molecular formula is C15H24ClN3O5. The van der Waals surface area contributed by atoms with Gasteiger partial charge in [0, 0.05) is 24.2 Å². The van der Waals surface area contributed by atoms with Crippen LogP contribution in [0.3, 0.4) is 0 Å². The molecule has 0 aromatic heterocycles. The van der Waals surface area contributed by atoms with Crippen LogP contribution in [-0.4, -0.2) is 52.8 Å². The number of ether oxygens (including phenoxy) is 3. The number of nitrogens with one attached hydrogen (secondary N) is 2. The molecule has 0 saturated heterocycles. The first-order valence-electron chi connectivity index (χ1n) is 7.08. The van der Waals surface area contributed by atoms with Crippen molar-refractivity contribution in [2.24, 2.45) is 5.73 Å². The molecule has 0 unspecified atom stereocenters. The van der Waals surface area contributed by atoms with Gasteiger partial charge in [-0.15, -0.1) is 12.4 Å². The summed E-state index contributed by atoms with van der Waals surface area (Å²) in [4.78, 5) is 22.6. The monoisotopic (exact) mass is 361 g/mol. The van der Waals surface area contributed by atoms with E-state index in [9.17, 15) is 9.59 Å². The number of nitrogens with two attached hydrogens (primary N) is 1. The normalized spacial score (nSPS) is 9.50. The van der Waals surface area contributed by atoms with E-state index < -0.39 is 0 Å². The average molecular weight is 362 g/mol. The molecule has 0 spiro atoms. The maximum absolute atomic E-state index is 11.6. The molecule has 0 radical (unpaired) electrons. The predicted molar refractivity (Wildman–Crippen MR) is 92.1 cm³/mol. The fraction of sp³-hybridized carbons (Fsp3) is 0.467. The number of carbonyl (C=O) groups is 2. The number of methoxy groups -OCH3 is 3. The van der Waals surface area contributed by atoms with Gasteiger partial charge in [-0.05, 0) is 6.42 Å². The summed E-state index contributed by atoms with van der Waals surface area (Å²) in [6.45, 7) is 0.122.